The van der Waals surface area contributed by atoms with Crippen LogP contribution in [-0.2, 0) is 0 Å². The zero-order valence-corrected chi connectivity index (χ0v) is 10.9. The molecule has 1 aromatic heterocycles. The van der Waals surface area contributed by atoms with Crippen LogP contribution < -0.4 is 15.5 Å². The lowest BCUT2D eigenvalue weighted by atomic mass is 10.1. The molecule has 2 N–H and O–H groups in total. The molecule has 0 spiro atoms. The van der Waals surface area contributed by atoms with Crippen molar-refractivity contribution < 1.29 is 0 Å². The van der Waals surface area contributed by atoms with Crippen LogP contribution in [0.1, 0.15) is 6.42 Å². The van der Waals surface area contributed by atoms with Crippen molar-refractivity contribution in [2.45, 2.75) is 6.42 Å². The summed E-state index contributed by atoms with van der Waals surface area (Å²) in [6, 6.07) is 2.01. The largest absolute Gasteiger partial charge is 0.366 e. The van der Waals surface area contributed by atoms with Crippen LogP contribution in [0.3, 0.4) is 0 Å². The van der Waals surface area contributed by atoms with Crippen LogP contribution in [0.15, 0.2) is 25.0 Å². The van der Waals surface area contributed by atoms with Gasteiger partial charge in [0, 0.05) is 25.7 Å². The van der Waals surface area contributed by atoms with Gasteiger partial charge in [0.05, 0.1) is 0 Å². The number of anilines is 2. The molecule has 0 aromatic carbocycles. The number of hydrogen-bond donors (Lipinski definition) is 2. The molecule has 5 heteroatoms. The molecule has 2 rings (SSSR count). The molecular formula is C13H21N5. The first-order valence-corrected chi connectivity index (χ1v) is 6.40. The first kappa shape index (κ1) is 12.8. The molecule has 0 aliphatic carbocycles. The highest BCUT2D eigenvalue weighted by atomic mass is 15.2. The zero-order valence-electron chi connectivity index (χ0n) is 10.9. The molecule has 2 heterocycles. The van der Waals surface area contributed by atoms with Crippen molar-refractivity contribution in [2.24, 2.45) is 5.92 Å². The second-order valence-corrected chi connectivity index (χ2v) is 4.59. The van der Waals surface area contributed by atoms with Crippen molar-refractivity contribution >= 4 is 11.6 Å². The molecule has 5 nitrogen and oxygen atoms in total. The van der Waals surface area contributed by atoms with Crippen molar-refractivity contribution in [1.82, 2.24) is 15.3 Å². The maximum atomic E-state index is 4.35. The third kappa shape index (κ3) is 3.20. The zero-order chi connectivity index (χ0) is 12.8. The average molecular weight is 247 g/mol. The highest BCUT2D eigenvalue weighted by molar-refractivity contribution is 5.49. The maximum absolute atomic E-state index is 4.35. The molecule has 0 radical (unpaired) electrons. The van der Waals surface area contributed by atoms with Gasteiger partial charge in [-0.15, -0.1) is 6.58 Å². The average Bonchev–Trinajstić information content (AvgIpc) is 2.86. The van der Waals surface area contributed by atoms with E-state index in [1.165, 1.54) is 6.42 Å². The highest BCUT2D eigenvalue weighted by Crippen LogP contribution is 2.22. The third-order valence-electron chi connectivity index (χ3n) is 3.18. The Kier molecular flexibility index (Phi) is 4.52. The van der Waals surface area contributed by atoms with Gasteiger partial charge in [0.25, 0.3) is 0 Å². The fourth-order valence-electron chi connectivity index (χ4n) is 2.29. The normalized spacial score (nSPS) is 18.9. The predicted molar refractivity (Wildman–Crippen MR) is 75.0 cm³/mol. The molecule has 0 bridgehead atoms. The number of hydrogen-bond acceptors (Lipinski definition) is 5. The Morgan fingerprint density at radius 3 is 3.22 bits per heavy atom. The van der Waals surface area contributed by atoms with E-state index in [2.05, 4.69) is 32.1 Å². The van der Waals surface area contributed by atoms with Gasteiger partial charge in [0.2, 0.25) is 0 Å². The second kappa shape index (κ2) is 6.35. The molecule has 1 unspecified atom stereocenters. The molecule has 1 aromatic rings. The van der Waals surface area contributed by atoms with E-state index in [0.29, 0.717) is 0 Å². The first-order chi connectivity index (χ1) is 8.83. The molecule has 1 fully saturated rings. The summed E-state index contributed by atoms with van der Waals surface area (Å²) in [6.45, 7) is 7.62. The monoisotopic (exact) mass is 247 g/mol. The van der Waals surface area contributed by atoms with Crippen LogP contribution in [0.4, 0.5) is 11.6 Å². The van der Waals surface area contributed by atoms with Crippen molar-refractivity contribution in [3.8, 4) is 0 Å². The van der Waals surface area contributed by atoms with Gasteiger partial charge in [-0.2, -0.15) is 0 Å². The van der Waals surface area contributed by atoms with E-state index < -0.39 is 0 Å². The molecular weight excluding hydrogens is 226 g/mol. The lowest BCUT2D eigenvalue weighted by Crippen LogP contribution is -2.25. The standard InChI is InChI=1S/C13H21N5/c1-3-5-15-12-7-13(17-10-16-12)18-6-4-11(9-18)8-14-2/h3,7,10-11,14H,1,4-6,8-9H2,2H3,(H,15,16,17). The van der Waals surface area contributed by atoms with Crippen molar-refractivity contribution in [2.75, 3.05) is 43.4 Å². The molecule has 1 atom stereocenters. The van der Waals surface area contributed by atoms with Gasteiger partial charge in [-0.3, -0.25) is 0 Å². The van der Waals surface area contributed by atoms with Gasteiger partial charge >= 0.3 is 0 Å². The summed E-state index contributed by atoms with van der Waals surface area (Å²) in [5, 5.41) is 6.42. The number of nitrogens with one attached hydrogen (secondary N) is 2. The minimum Gasteiger partial charge on any atom is -0.366 e. The van der Waals surface area contributed by atoms with E-state index in [4.69, 9.17) is 0 Å². The summed E-state index contributed by atoms with van der Waals surface area (Å²) in [5.74, 6) is 2.58. The van der Waals surface area contributed by atoms with E-state index in [1.54, 1.807) is 6.33 Å². The van der Waals surface area contributed by atoms with E-state index >= 15 is 0 Å². The molecule has 1 aliphatic heterocycles. The smallest absolute Gasteiger partial charge is 0.134 e. The molecule has 0 amide bonds. The summed E-state index contributed by atoms with van der Waals surface area (Å²) >= 11 is 0. The Hall–Kier alpha value is -1.62. The van der Waals surface area contributed by atoms with Gasteiger partial charge in [-0.25, -0.2) is 9.97 Å². The van der Waals surface area contributed by atoms with E-state index in [1.807, 2.05) is 19.2 Å². The Bertz CT molecular complexity index is 393. The van der Waals surface area contributed by atoms with Crippen LogP contribution in [0, 0.1) is 5.92 Å². The highest BCUT2D eigenvalue weighted by Gasteiger charge is 2.22. The lowest BCUT2D eigenvalue weighted by molar-refractivity contribution is 0.549. The van der Waals surface area contributed by atoms with Crippen LogP contribution in [-0.4, -0.2) is 43.2 Å². The third-order valence-corrected chi connectivity index (χ3v) is 3.18. The minimum absolute atomic E-state index is 0.717. The Labute approximate surface area is 108 Å². The molecule has 0 saturated carbocycles. The number of nitrogens with zero attached hydrogens (tertiary/aromatic N) is 3. The summed E-state index contributed by atoms with van der Waals surface area (Å²) in [6.07, 6.45) is 4.66. The summed E-state index contributed by atoms with van der Waals surface area (Å²) < 4.78 is 0. The molecule has 1 saturated heterocycles. The van der Waals surface area contributed by atoms with Crippen molar-refractivity contribution in [3.63, 3.8) is 0 Å². The second-order valence-electron chi connectivity index (χ2n) is 4.59. The van der Waals surface area contributed by atoms with Crippen LogP contribution in [0.25, 0.3) is 0 Å². The summed E-state index contributed by atoms with van der Waals surface area (Å²) in [4.78, 5) is 10.9. The van der Waals surface area contributed by atoms with Gasteiger partial charge in [-0.1, -0.05) is 6.08 Å². The van der Waals surface area contributed by atoms with Crippen molar-refractivity contribution in [1.29, 1.82) is 0 Å². The maximum Gasteiger partial charge on any atom is 0.134 e. The minimum atomic E-state index is 0.717. The Morgan fingerprint density at radius 1 is 1.56 bits per heavy atom. The summed E-state index contributed by atoms with van der Waals surface area (Å²) in [7, 11) is 2.00. The molecule has 1 aliphatic rings. The molecule has 98 valence electrons. The van der Waals surface area contributed by atoms with E-state index in [0.717, 1.165) is 43.7 Å². The number of rotatable bonds is 6. The van der Waals surface area contributed by atoms with Crippen LogP contribution >= 0.6 is 0 Å². The fraction of sp³-hybridized carbons (Fsp3) is 0.538. The SMILES string of the molecule is C=CCNc1cc(N2CCC(CNC)C2)ncn1. The van der Waals surface area contributed by atoms with E-state index in [9.17, 15) is 0 Å². The van der Waals surface area contributed by atoms with Gasteiger partial charge in [0.1, 0.15) is 18.0 Å². The Morgan fingerprint density at radius 2 is 2.44 bits per heavy atom. The van der Waals surface area contributed by atoms with Crippen LogP contribution in [0.5, 0.6) is 0 Å². The van der Waals surface area contributed by atoms with Crippen LogP contribution in [0.2, 0.25) is 0 Å². The van der Waals surface area contributed by atoms with E-state index in [-0.39, 0.29) is 0 Å². The van der Waals surface area contributed by atoms with Gasteiger partial charge in [-0.05, 0) is 25.9 Å². The summed E-state index contributed by atoms with van der Waals surface area (Å²) in [5.41, 5.74) is 0. The number of aromatic nitrogens is 2. The lowest BCUT2D eigenvalue weighted by Gasteiger charge is -2.18. The first-order valence-electron chi connectivity index (χ1n) is 6.40. The molecule has 18 heavy (non-hydrogen) atoms. The van der Waals surface area contributed by atoms with Crippen molar-refractivity contribution in [3.05, 3.63) is 25.0 Å². The van der Waals surface area contributed by atoms with Gasteiger partial charge in [0.15, 0.2) is 0 Å². The fourth-order valence-corrected chi connectivity index (χ4v) is 2.29. The Balaban J connectivity index is 1.98. The topological polar surface area (TPSA) is 53.1 Å². The quantitative estimate of drug-likeness (QED) is 0.738. The van der Waals surface area contributed by atoms with Gasteiger partial charge < -0.3 is 15.5 Å². The predicted octanol–water partition coefficient (Wildman–Crippen LogP) is 1.12.